The number of hydrogen-bond donors (Lipinski definition) is 3. The first-order chi connectivity index (χ1) is 46.9. The van der Waals surface area contributed by atoms with E-state index in [-0.39, 0.29) is 60.0 Å². The number of alkyl halides is 1. The van der Waals surface area contributed by atoms with Crippen LogP contribution >= 0.6 is 104 Å². The Morgan fingerprint density at radius 2 is 0.918 bits per heavy atom. The molecule has 7 aromatic heterocycles. The molecule has 0 bridgehead atoms. The summed E-state index contributed by atoms with van der Waals surface area (Å²) in [5, 5.41) is 20.0. The number of aldehydes is 1. The molecule has 13 rings (SSSR count). The number of benzene rings is 3. The van der Waals surface area contributed by atoms with E-state index in [0.29, 0.717) is 121 Å². The van der Waals surface area contributed by atoms with Crippen molar-refractivity contribution in [1.29, 1.82) is 0 Å². The summed E-state index contributed by atoms with van der Waals surface area (Å²) in [6, 6.07) is 17.1. The number of halogens is 9. The largest absolute Gasteiger partial charge is 0.495 e. The second-order valence-electron chi connectivity index (χ2n) is 20.4. The van der Waals surface area contributed by atoms with Crippen molar-refractivity contribution in [1.82, 2.24) is 84.3 Å². The Morgan fingerprint density at radius 1 is 0.510 bits per heavy atom. The number of anilines is 3. The van der Waals surface area contributed by atoms with Crippen molar-refractivity contribution in [2.75, 3.05) is 120 Å². The number of amides is 3. The topological polar surface area (TPSA) is 335 Å². The summed E-state index contributed by atoms with van der Waals surface area (Å²) in [5.74, 6) is 10.00. The van der Waals surface area contributed by atoms with Crippen LogP contribution in [0.2, 0.25) is 40.8 Å². The lowest BCUT2D eigenvalue weighted by Crippen LogP contribution is -2.49. The van der Waals surface area contributed by atoms with Gasteiger partial charge in [0.15, 0.2) is 23.2 Å². The Labute approximate surface area is 607 Å². The molecular formula is C60H65Cl9N22O7. The lowest BCUT2D eigenvalue weighted by atomic mass is 10.2. The van der Waals surface area contributed by atoms with E-state index in [2.05, 4.69) is 86.7 Å². The number of aromatic nitrogens is 14. The first-order valence-electron chi connectivity index (χ1n) is 28.9. The minimum Gasteiger partial charge on any atom is -0.495 e. The highest BCUT2D eigenvalue weighted by Gasteiger charge is 2.26. The van der Waals surface area contributed by atoms with E-state index in [1.54, 1.807) is 54.2 Å². The number of hydrazine groups is 1. The monoisotopic (exact) mass is 1520 g/mol. The average molecular weight is 1530 g/mol. The lowest BCUT2D eigenvalue weighted by molar-refractivity contribution is -0.133. The molecule has 29 nitrogen and oxygen atoms in total. The molecule has 5 N–H and O–H groups in total. The molecule has 10 aromatic rings. The summed E-state index contributed by atoms with van der Waals surface area (Å²) >= 11 is 52.4. The van der Waals surface area contributed by atoms with E-state index in [4.69, 9.17) is 119 Å². The average Bonchev–Trinajstić information content (AvgIpc) is 1.67. The molecule has 3 aliphatic rings. The van der Waals surface area contributed by atoms with Gasteiger partial charge in [0.05, 0.1) is 70.5 Å². The van der Waals surface area contributed by atoms with Crippen molar-refractivity contribution in [3.63, 3.8) is 0 Å². The molecule has 0 saturated carbocycles. The van der Waals surface area contributed by atoms with Gasteiger partial charge in [-0.05, 0) is 36.4 Å². The standard InChI is InChI=1S/2C18H18Cl2N6O2.C13H16Cl2N2O2.C5H2Cl2N2O.C5H3ClN4.CH4.H4N2/c1-28-15-8-12(2-3-14(15)19)24-4-6-25(7-5-24)16(27)10-26-9-13-17(20)21-11-22-18(13)23-26;1-28-15-8-12(2-3-14(15)19)24-4-6-25(7-5-24)16(27)10-26-18-13(9-23-26)17(20)21-11-22-18;1-19-12-8-10(2-3-11(12)15)16-4-6-17(7-5-16)13(18)9-14;6-4-3(1-10)5(7)9-2-8-4;6-4-3-1-9-10-5(3)8-2-7-4;;1-2/h2*2-3,8-9,11H,4-7,10H2,1H3;2-3,8H,4-7,9H2,1H3;1-2H;1-2H,(H,7,8,9,10);1H4;1-2H2. The third-order valence-corrected chi connectivity index (χ3v) is 17.6. The number of carbonyl (C=O) groups is 4. The van der Waals surface area contributed by atoms with Crippen molar-refractivity contribution < 1.29 is 33.4 Å². The Morgan fingerprint density at radius 3 is 1.35 bits per heavy atom. The summed E-state index contributed by atoms with van der Waals surface area (Å²) < 4.78 is 18.9. The number of methoxy groups -OCH3 is 3. The molecule has 0 atom stereocenters. The van der Waals surface area contributed by atoms with E-state index >= 15 is 0 Å². The molecule has 38 heteroatoms. The summed E-state index contributed by atoms with van der Waals surface area (Å²) in [5.41, 5.74) is 4.94. The van der Waals surface area contributed by atoms with Crippen LogP contribution in [-0.2, 0) is 27.5 Å². The van der Waals surface area contributed by atoms with Crippen LogP contribution in [0.25, 0.3) is 33.1 Å². The summed E-state index contributed by atoms with van der Waals surface area (Å²) in [6.07, 6.45) is 10.7. The van der Waals surface area contributed by atoms with Gasteiger partial charge in [0.25, 0.3) is 0 Å². The molecule has 3 aliphatic heterocycles. The van der Waals surface area contributed by atoms with Crippen LogP contribution in [0.1, 0.15) is 17.8 Å². The fourth-order valence-corrected chi connectivity index (χ4v) is 11.5. The predicted molar refractivity (Wildman–Crippen MR) is 381 cm³/mol. The zero-order valence-corrected chi connectivity index (χ0v) is 58.6. The van der Waals surface area contributed by atoms with E-state index in [9.17, 15) is 19.2 Å². The van der Waals surface area contributed by atoms with Crippen molar-refractivity contribution in [2.24, 2.45) is 11.7 Å². The Kier molecular flexibility index (Phi) is 29.7. The van der Waals surface area contributed by atoms with E-state index < -0.39 is 0 Å². The number of H-pyrrole nitrogens is 1. The van der Waals surface area contributed by atoms with Crippen molar-refractivity contribution >= 4 is 179 Å². The summed E-state index contributed by atoms with van der Waals surface area (Å²) in [7, 11) is 4.79. The predicted octanol–water partition coefficient (Wildman–Crippen LogP) is 9.27. The van der Waals surface area contributed by atoms with Gasteiger partial charge in [-0.1, -0.05) is 100 Å². The highest BCUT2D eigenvalue weighted by Crippen LogP contribution is 2.33. The maximum absolute atomic E-state index is 12.7. The smallest absolute Gasteiger partial charge is 0.244 e. The fourth-order valence-electron chi connectivity index (χ4n) is 9.83. The maximum Gasteiger partial charge on any atom is 0.244 e. The molecule has 0 spiro atoms. The van der Waals surface area contributed by atoms with Gasteiger partial charge in [-0.15, -0.1) is 11.6 Å². The Bertz CT molecular complexity index is 4270. The minimum absolute atomic E-state index is 0. The molecule has 3 amide bonds. The van der Waals surface area contributed by atoms with Crippen molar-refractivity contribution in [2.45, 2.75) is 20.5 Å². The number of aromatic amines is 1. The van der Waals surface area contributed by atoms with Crippen molar-refractivity contribution in [3.8, 4) is 17.2 Å². The quantitative estimate of drug-likeness (QED) is 0.0337. The van der Waals surface area contributed by atoms with Gasteiger partial charge in [0, 0.05) is 120 Å². The van der Waals surface area contributed by atoms with Gasteiger partial charge >= 0.3 is 0 Å². The number of nitrogens with zero attached hydrogens (tertiary/aromatic N) is 19. The Hall–Kier alpha value is -8.20. The molecule has 3 saturated heterocycles. The molecule has 0 aliphatic carbocycles. The molecule has 0 radical (unpaired) electrons. The lowest BCUT2D eigenvalue weighted by Gasteiger charge is -2.36. The zero-order valence-electron chi connectivity index (χ0n) is 51.8. The third kappa shape index (κ3) is 20.0. The van der Waals surface area contributed by atoms with Gasteiger partial charge in [-0.2, -0.15) is 15.3 Å². The fraction of sp³-hybridized carbons (Fsp3) is 0.317. The normalized spacial score (nSPS) is 13.4. The van der Waals surface area contributed by atoms with Gasteiger partial charge in [-0.25, -0.2) is 44.6 Å². The van der Waals surface area contributed by atoms with Crippen LogP contribution in [0, 0.1) is 0 Å². The molecule has 3 fully saturated rings. The number of ether oxygens (including phenoxy) is 3. The first-order valence-corrected chi connectivity index (χ1v) is 32.5. The highest BCUT2D eigenvalue weighted by atomic mass is 35.5. The number of hydrogen-bond acceptors (Lipinski definition) is 23. The SMILES string of the molecule is C.COc1cc(N2CCN(C(=O)CCl)CC2)ccc1Cl.COc1cc(N2CCN(C(=O)Cn3cc4c(Cl)ncnc4n3)CC2)ccc1Cl.COc1cc(N2CCN(C(=O)Cn3ncc4c(Cl)ncnc43)CC2)ccc1Cl.Clc1ncnc2[nH]ncc12.NN.O=Cc1c(Cl)ncnc1Cl. The van der Waals surface area contributed by atoms with Crippen molar-refractivity contribution in [3.05, 3.63) is 145 Å². The van der Waals surface area contributed by atoms with Crippen LogP contribution in [0.3, 0.4) is 0 Å². The number of carbonyl (C=O) groups excluding carboxylic acids is 4. The second kappa shape index (κ2) is 37.7. The van der Waals surface area contributed by atoms with E-state index in [1.807, 2.05) is 64.4 Å². The van der Waals surface area contributed by atoms with Crippen LogP contribution in [0.5, 0.6) is 17.2 Å². The van der Waals surface area contributed by atoms with E-state index in [0.717, 1.165) is 61.7 Å². The number of rotatable bonds is 12. The first kappa shape index (κ1) is 77.2. The van der Waals surface area contributed by atoms with Gasteiger partial charge < -0.3 is 43.6 Å². The number of nitrogens with one attached hydrogen (secondary N) is 1. The van der Waals surface area contributed by atoms with Crippen LogP contribution in [-0.4, -0.2) is 214 Å². The molecule has 0 unspecified atom stereocenters. The molecule has 520 valence electrons. The molecular weight excluding hydrogens is 1460 g/mol. The maximum atomic E-state index is 12.7. The summed E-state index contributed by atoms with van der Waals surface area (Å²) in [4.78, 5) is 90.0. The van der Waals surface area contributed by atoms with Crippen LogP contribution in [0.4, 0.5) is 17.1 Å². The third-order valence-electron chi connectivity index (χ3n) is 14.9. The minimum atomic E-state index is -0.00642. The number of fused-ring (bicyclic) bond motifs is 3. The van der Waals surface area contributed by atoms with Gasteiger partial charge in [-0.3, -0.25) is 40.6 Å². The number of nitrogens with two attached hydrogens (primary N) is 2. The molecule has 3 aromatic carbocycles. The van der Waals surface area contributed by atoms with E-state index in [1.165, 1.54) is 25.3 Å². The van der Waals surface area contributed by atoms with Gasteiger partial charge in [0.2, 0.25) is 17.7 Å². The Balaban J connectivity index is 0.000000180. The van der Waals surface area contributed by atoms with Crippen LogP contribution < -0.4 is 40.6 Å². The van der Waals surface area contributed by atoms with Crippen LogP contribution in [0.15, 0.2) is 98.5 Å². The zero-order chi connectivity index (χ0) is 69.7. The highest BCUT2D eigenvalue weighted by molar-refractivity contribution is 6.37. The van der Waals surface area contributed by atoms with Gasteiger partial charge in [0.1, 0.15) is 87.3 Å². The molecule has 98 heavy (non-hydrogen) atoms. The summed E-state index contributed by atoms with van der Waals surface area (Å²) in [6.45, 7) is 8.63. The second-order valence-corrected chi connectivity index (χ2v) is 23.7. The molecule has 10 heterocycles. The number of piperazine rings is 3.